The number of carbonyl (C=O) groups is 1. The molecule has 0 spiro atoms. The molecule has 3 N–H and O–H groups in total. The Kier molecular flexibility index (Phi) is 4.23. The van der Waals surface area contributed by atoms with Crippen LogP contribution in [0, 0.1) is 0 Å². The molecule has 0 saturated carbocycles. The van der Waals surface area contributed by atoms with Crippen molar-refractivity contribution < 1.29 is 18.3 Å². The van der Waals surface area contributed by atoms with Crippen molar-refractivity contribution in [1.82, 2.24) is 14.6 Å². The summed E-state index contributed by atoms with van der Waals surface area (Å²) in [5.74, 6) is -1.18. The maximum absolute atomic E-state index is 11.9. The molecule has 1 aromatic heterocycles. The Balaban J connectivity index is 1.91. The van der Waals surface area contributed by atoms with E-state index in [2.05, 4.69) is 14.6 Å². The Hall–Kier alpha value is -1.38. The highest BCUT2D eigenvalue weighted by atomic mass is 32.2. The fourth-order valence-corrected chi connectivity index (χ4v) is 3.09. The maximum Gasteiger partial charge on any atom is 0.352 e. The van der Waals surface area contributed by atoms with Crippen LogP contribution in [0.3, 0.4) is 0 Å². The van der Waals surface area contributed by atoms with Crippen LogP contribution in [0.5, 0.6) is 0 Å². The fourth-order valence-electron chi connectivity index (χ4n) is 2.08. The number of aromatic nitrogens is 1. The molecule has 106 valence electrons. The Morgan fingerprint density at radius 2 is 2.11 bits per heavy atom. The average Bonchev–Trinajstić information content (AvgIpc) is 2.99. The molecule has 1 fully saturated rings. The first kappa shape index (κ1) is 14.0. The predicted octanol–water partition coefficient (Wildman–Crippen LogP) is 0.0870. The molecule has 7 nitrogen and oxygen atoms in total. The van der Waals surface area contributed by atoms with E-state index in [1.165, 1.54) is 6.20 Å². The third-order valence-electron chi connectivity index (χ3n) is 3.12. The quantitative estimate of drug-likeness (QED) is 0.688. The first-order valence-corrected chi connectivity index (χ1v) is 7.61. The molecule has 19 heavy (non-hydrogen) atoms. The van der Waals surface area contributed by atoms with Gasteiger partial charge in [0.25, 0.3) is 0 Å². The second kappa shape index (κ2) is 5.72. The molecule has 2 rings (SSSR count). The Morgan fingerprint density at radius 1 is 1.42 bits per heavy atom. The van der Waals surface area contributed by atoms with Crippen LogP contribution < -0.4 is 4.72 Å². The normalized spacial score (nSPS) is 16.8. The van der Waals surface area contributed by atoms with Crippen LogP contribution in [0.2, 0.25) is 0 Å². The van der Waals surface area contributed by atoms with Crippen molar-refractivity contribution in [1.29, 1.82) is 0 Å². The van der Waals surface area contributed by atoms with Crippen LogP contribution in [0.1, 0.15) is 23.3 Å². The van der Waals surface area contributed by atoms with Gasteiger partial charge in [0, 0.05) is 19.3 Å². The van der Waals surface area contributed by atoms with Crippen molar-refractivity contribution in [2.24, 2.45) is 0 Å². The molecule has 1 aliphatic heterocycles. The second-order valence-corrected chi connectivity index (χ2v) is 6.27. The van der Waals surface area contributed by atoms with Gasteiger partial charge in [-0.2, -0.15) is 0 Å². The molecule has 0 atom stereocenters. The van der Waals surface area contributed by atoms with Crippen LogP contribution >= 0.6 is 0 Å². The lowest BCUT2D eigenvalue weighted by Crippen LogP contribution is -2.33. The van der Waals surface area contributed by atoms with Gasteiger partial charge in [0.15, 0.2) is 0 Å². The number of sulfonamides is 1. The van der Waals surface area contributed by atoms with E-state index in [1.54, 1.807) is 0 Å². The summed E-state index contributed by atoms with van der Waals surface area (Å²) in [5, 5.41) is 8.73. The molecule has 0 aliphatic carbocycles. The van der Waals surface area contributed by atoms with E-state index in [4.69, 9.17) is 5.11 Å². The molecule has 0 bridgehead atoms. The van der Waals surface area contributed by atoms with Gasteiger partial charge in [0.1, 0.15) is 10.6 Å². The Morgan fingerprint density at radius 3 is 2.68 bits per heavy atom. The standard InChI is InChI=1S/C11H17N3O4S/c15-11(16)10-7-9(8-12-10)19(17,18)13-3-6-14-4-1-2-5-14/h7-8,12-13H,1-6H2,(H,15,16). The lowest BCUT2D eigenvalue weighted by molar-refractivity contribution is 0.0691. The zero-order chi connectivity index (χ0) is 13.9. The molecule has 1 aromatic rings. The highest BCUT2D eigenvalue weighted by Gasteiger charge is 2.18. The number of rotatable bonds is 6. The lowest BCUT2D eigenvalue weighted by Gasteiger charge is -2.14. The number of carboxylic acid groups (broad SMARTS) is 1. The summed E-state index contributed by atoms with van der Waals surface area (Å²) in [7, 11) is -3.64. The van der Waals surface area contributed by atoms with Crippen molar-refractivity contribution in [2.45, 2.75) is 17.7 Å². The molecule has 8 heteroatoms. The molecule has 2 heterocycles. The third-order valence-corrected chi connectivity index (χ3v) is 4.56. The van der Waals surface area contributed by atoms with E-state index < -0.39 is 16.0 Å². The van der Waals surface area contributed by atoms with Gasteiger partial charge in [-0.25, -0.2) is 17.9 Å². The van der Waals surface area contributed by atoms with Crippen molar-refractivity contribution >= 4 is 16.0 Å². The first-order chi connectivity index (χ1) is 8.99. The van der Waals surface area contributed by atoms with Crippen LogP contribution in [-0.2, 0) is 10.0 Å². The highest BCUT2D eigenvalue weighted by Crippen LogP contribution is 2.11. The van der Waals surface area contributed by atoms with Gasteiger partial charge in [-0.05, 0) is 32.0 Å². The summed E-state index contributed by atoms with van der Waals surface area (Å²) in [4.78, 5) is 15.2. The fraction of sp³-hybridized carbons (Fsp3) is 0.545. The average molecular weight is 287 g/mol. The van der Waals surface area contributed by atoms with Gasteiger partial charge in [0.2, 0.25) is 10.0 Å². The van der Waals surface area contributed by atoms with Crippen molar-refractivity contribution in [2.75, 3.05) is 26.2 Å². The van der Waals surface area contributed by atoms with Gasteiger partial charge in [-0.15, -0.1) is 0 Å². The first-order valence-electron chi connectivity index (χ1n) is 6.13. The van der Waals surface area contributed by atoms with Gasteiger partial charge in [0.05, 0.1) is 0 Å². The number of nitrogens with one attached hydrogen (secondary N) is 2. The number of nitrogens with zero attached hydrogens (tertiary/aromatic N) is 1. The monoisotopic (exact) mass is 287 g/mol. The number of aromatic amines is 1. The largest absolute Gasteiger partial charge is 0.477 e. The number of hydrogen-bond donors (Lipinski definition) is 3. The summed E-state index contributed by atoms with van der Waals surface area (Å²) in [5.41, 5.74) is -0.139. The van der Waals surface area contributed by atoms with Crippen LogP contribution in [0.25, 0.3) is 0 Å². The minimum Gasteiger partial charge on any atom is -0.477 e. The molecule has 1 saturated heterocycles. The lowest BCUT2D eigenvalue weighted by atomic mass is 10.4. The predicted molar refractivity (Wildman–Crippen MR) is 68.6 cm³/mol. The number of aromatic carboxylic acids is 1. The molecule has 0 aromatic carbocycles. The van der Waals surface area contributed by atoms with E-state index in [0.29, 0.717) is 13.1 Å². The van der Waals surface area contributed by atoms with Crippen LogP contribution in [0.4, 0.5) is 0 Å². The Bertz CT molecular complexity index is 546. The van der Waals surface area contributed by atoms with E-state index in [1.807, 2.05) is 0 Å². The van der Waals surface area contributed by atoms with E-state index in [0.717, 1.165) is 32.0 Å². The van der Waals surface area contributed by atoms with Gasteiger partial charge in [-0.1, -0.05) is 0 Å². The summed E-state index contributed by atoms with van der Waals surface area (Å²) in [6.07, 6.45) is 3.50. The third kappa shape index (κ3) is 3.55. The Labute approximate surface area is 111 Å². The second-order valence-electron chi connectivity index (χ2n) is 4.50. The SMILES string of the molecule is O=C(O)c1cc(S(=O)(=O)NCCN2CCCC2)c[nH]1. The van der Waals surface area contributed by atoms with E-state index in [9.17, 15) is 13.2 Å². The topological polar surface area (TPSA) is 102 Å². The van der Waals surface area contributed by atoms with Crippen LogP contribution in [-0.4, -0.2) is 55.6 Å². The highest BCUT2D eigenvalue weighted by molar-refractivity contribution is 7.89. The number of hydrogen-bond acceptors (Lipinski definition) is 4. The minimum absolute atomic E-state index is 0.0497. The van der Waals surface area contributed by atoms with E-state index in [-0.39, 0.29) is 10.6 Å². The molecule has 0 unspecified atom stereocenters. The summed E-state index contributed by atoms with van der Waals surface area (Å²) in [6, 6.07) is 1.11. The smallest absolute Gasteiger partial charge is 0.352 e. The summed E-state index contributed by atoms with van der Waals surface area (Å²) < 4.78 is 26.3. The van der Waals surface area contributed by atoms with Crippen LogP contribution in [0.15, 0.2) is 17.2 Å². The van der Waals surface area contributed by atoms with Crippen molar-refractivity contribution in [3.63, 3.8) is 0 Å². The van der Waals surface area contributed by atoms with Gasteiger partial charge < -0.3 is 15.0 Å². The summed E-state index contributed by atoms with van der Waals surface area (Å²) in [6.45, 7) is 3.02. The van der Waals surface area contributed by atoms with E-state index >= 15 is 0 Å². The zero-order valence-corrected chi connectivity index (χ0v) is 11.2. The maximum atomic E-state index is 11.9. The van der Waals surface area contributed by atoms with Gasteiger partial charge in [-0.3, -0.25) is 0 Å². The summed E-state index contributed by atoms with van der Waals surface area (Å²) >= 11 is 0. The van der Waals surface area contributed by atoms with Gasteiger partial charge >= 0.3 is 5.97 Å². The molecule has 1 aliphatic rings. The number of carboxylic acids is 1. The molecule has 0 radical (unpaired) electrons. The number of H-pyrrole nitrogens is 1. The molecular formula is C11H17N3O4S. The zero-order valence-electron chi connectivity index (χ0n) is 10.4. The minimum atomic E-state index is -3.64. The molecule has 0 amide bonds. The molecular weight excluding hydrogens is 270 g/mol. The number of likely N-dealkylation sites (tertiary alicyclic amines) is 1. The van der Waals surface area contributed by atoms with Crippen molar-refractivity contribution in [3.05, 3.63) is 18.0 Å². The van der Waals surface area contributed by atoms with Crippen molar-refractivity contribution in [3.8, 4) is 0 Å².